The second kappa shape index (κ2) is 6.13. The van der Waals surface area contributed by atoms with E-state index in [-0.39, 0.29) is 46.6 Å². The lowest BCUT2D eigenvalue weighted by Crippen LogP contribution is -2.30. The van der Waals surface area contributed by atoms with Crippen molar-refractivity contribution in [3.8, 4) is 11.3 Å². The first-order valence-corrected chi connectivity index (χ1v) is 10.4. The molecule has 31 heavy (non-hydrogen) atoms. The predicted molar refractivity (Wildman–Crippen MR) is 110 cm³/mol. The number of nitro benzene ring substituents is 1. The normalized spacial score (nSPS) is 29.5. The second-order valence-electron chi connectivity index (χ2n) is 8.58. The molecule has 0 radical (unpaired) electrons. The van der Waals surface area contributed by atoms with Gasteiger partial charge in [0.25, 0.3) is 17.5 Å². The number of hydrogen-bond acceptors (Lipinski definition) is 6. The summed E-state index contributed by atoms with van der Waals surface area (Å²) in [6.45, 7) is 0. The first-order valence-electron chi connectivity index (χ1n) is 10.0. The first kappa shape index (κ1) is 18.5. The Kier molecular flexibility index (Phi) is 3.66. The van der Waals surface area contributed by atoms with Crippen LogP contribution in [0.1, 0.15) is 18.6 Å². The summed E-state index contributed by atoms with van der Waals surface area (Å²) in [6.07, 6.45) is 7.70. The summed E-state index contributed by atoms with van der Waals surface area (Å²) in [5.41, 5.74) is 0.405. The minimum atomic E-state index is -0.514. The molecule has 2 bridgehead atoms. The molecule has 1 aliphatic heterocycles. The number of furan rings is 1. The summed E-state index contributed by atoms with van der Waals surface area (Å²) < 4.78 is 5.69. The molecule has 1 spiro atoms. The molecule has 4 atom stereocenters. The summed E-state index contributed by atoms with van der Waals surface area (Å²) in [4.78, 5) is 36.4. The highest BCUT2D eigenvalue weighted by molar-refractivity contribution is 6.33. The Bertz CT molecular complexity index is 1190. The van der Waals surface area contributed by atoms with Gasteiger partial charge in [-0.25, -0.2) is 0 Å². The van der Waals surface area contributed by atoms with Crippen LogP contribution in [0.4, 0.5) is 5.69 Å². The number of amides is 2. The van der Waals surface area contributed by atoms with Gasteiger partial charge in [0, 0.05) is 17.7 Å². The van der Waals surface area contributed by atoms with E-state index in [9.17, 15) is 19.7 Å². The largest absolute Gasteiger partial charge is 0.455 e. The molecule has 6 rings (SSSR count). The molecule has 3 fully saturated rings. The summed E-state index contributed by atoms with van der Waals surface area (Å²) in [6, 6.07) is 7.28. The van der Waals surface area contributed by atoms with Crippen molar-refractivity contribution in [2.24, 2.45) is 34.2 Å². The van der Waals surface area contributed by atoms with E-state index >= 15 is 0 Å². The Hall–Kier alpha value is -3.26. The van der Waals surface area contributed by atoms with Crippen LogP contribution in [0.15, 0.2) is 52.0 Å². The lowest BCUT2D eigenvalue weighted by molar-refractivity contribution is -0.384. The molecule has 2 amide bonds. The molecule has 1 aromatic heterocycles. The minimum absolute atomic E-state index is 0.109. The fourth-order valence-corrected chi connectivity index (χ4v) is 5.88. The molecule has 0 N–H and O–H groups in total. The van der Waals surface area contributed by atoms with Crippen molar-refractivity contribution < 1.29 is 18.9 Å². The Labute approximate surface area is 181 Å². The highest BCUT2D eigenvalue weighted by Gasteiger charge is 2.73. The first-order chi connectivity index (χ1) is 14.9. The monoisotopic (exact) mass is 437 g/mol. The number of carbonyl (C=O) groups is 2. The summed E-state index contributed by atoms with van der Waals surface area (Å²) in [7, 11) is 0. The number of fused-ring (bicyclic) bond motifs is 3. The number of carbonyl (C=O) groups excluding carboxylic acids is 2. The molecule has 3 aliphatic carbocycles. The molecule has 1 saturated heterocycles. The van der Waals surface area contributed by atoms with Crippen LogP contribution in [0, 0.1) is 39.2 Å². The zero-order chi connectivity index (χ0) is 21.5. The highest BCUT2D eigenvalue weighted by atomic mass is 35.5. The number of benzene rings is 1. The van der Waals surface area contributed by atoms with Crippen LogP contribution in [0.25, 0.3) is 11.3 Å². The van der Waals surface area contributed by atoms with Crippen molar-refractivity contribution in [2.45, 2.75) is 12.8 Å². The van der Waals surface area contributed by atoms with Gasteiger partial charge in [0.15, 0.2) is 0 Å². The van der Waals surface area contributed by atoms with E-state index in [1.54, 1.807) is 12.1 Å². The van der Waals surface area contributed by atoms with Crippen LogP contribution in [0.2, 0.25) is 5.02 Å². The predicted octanol–water partition coefficient (Wildman–Crippen LogP) is 4.04. The Balaban J connectivity index is 1.24. The summed E-state index contributed by atoms with van der Waals surface area (Å²) in [5.74, 6) is -0.198. The van der Waals surface area contributed by atoms with Gasteiger partial charge in [0.1, 0.15) is 11.5 Å². The van der Waals surface area contributed by atoms with Crippen LogP contribution in [-0.4, -0.2) is 28.0 Å². The van der Waals surface area contributed by atoms with E-state index in [2.05, 4.69) is 17.3 Å². The molecule has 156 valence electrons. The molecular weight excluding hydrogens is 422 g/mol. The third kappa shape index (κ3) is 2.45. The maximum absolute atomic E-state index is 12.9. The van der Waals surface area contributed by atoms with Gasteiger partial charge in [-0.3, -0.25) is 19.7 Å². The number of nitrogens with zero attached hydrogens (tertiary/aromatic N) is 3. The maximum atomic E-state index is 12.9. The van der Waals surface area contributed by atoms with E-state index < -0.39 is 4.92 Å². The third-order valence-electron chi connectivity index (χ3n) is 7.18. The van der Waals surface area contributed by atoms with Crippen molar-refractivity contribution in [1.82, 2.24) is 5.01 Å². The van der Waals surface area contributed by atoms with Gasteiger partial charge in [-0.15, -0.1) is 0 Å². The number of hydrazone groups is 1. The molecule has 4 aliphatic rings. The van der Waals surface area contributed by atoms with Crippen LogP contribution < -0.4 is 0 Å². The Morgan fingerprint density at radius 2 is 1.81 bits per heavy atom. The quantitative estimate of drug-likeness (QED) is 0.236. The van der Waals surface area contributed by atoms with Crippen molar-refractivity contribution >= 4 is 35.3 Å². The number of rotatable bonds is 4. The van der Waals surface area contributed by atoms with Gasteiger partial charge in [-0.1, -0.05) is 23.8 Å². The standard InChI is InChI=1S/C22H16ClN3O5/c23-16-5-1-11(26(29)30)9-13(16)17-6-2-12(31-17)10-24-25-20(27)18-14-3-4-15(19(18)21(25)28)22(14)7-8-22/h1-6,9-10,14-15,18-19H,7-8H2/t14-,15-,18-,19-/m1/s1. The van der Waals surface area contributed by atoms with Crippen molar-refractivity contribution in [1.29, 1.82) is 0 Å². The van der Waals surface area contributed by atoms with Gasteiger partial charge >= 0.3 is 0 Å². The molecular formula is C22H16ClN3O5. The Morgan fingerprint density at radius 3 is 2.42 bits per heavy atom. The summed E-state index contributed by atoms with van der Waals surface area (Å²) in [5, 5.41) is 16.4. The van der Waals surface area contributed by atoms with E-state index in [1.165, 1.54) is 24.4 Å². The number of nitro groups is 1. The molecule has 0 unspecified atom stereocenters. The fourth-order valence-electron chi connectivity index (χ4n) is 5.67. The van der Waals surface area contributed by atoms with Gasteiger partial charge in [-0.2, -0.15) is 10.1 Å². The van der Waals surface area contributed by atoms with Crippen LogP contribution in [0.5, 0.6) is 0 Å². The molecule has 1 aromatic carbocycles. The van der Waals surface area contributed by atoms with Crippen molar-refractivity contribution in [3.05, 3.63) is 63.4 Å². The average Bonchev–Trinajstić information content (AvgIpc) is 3.03. The van der Waals surface area contributed by atoms with Gasteiger partial charge in [0.05, 0.1) is 28.0 Å². The maximum Gasteiger partial charge on any atom is 0.270 e. The number of hydrogen-bond donors (Lipinski definition) is 0. The Morgan fingerprint density at radius 1 is 1.13 bits per heavy atom. The van der Waals surface area contributed by atoms with E-state index in [0.717, 1.165) is 17.9 Å². The molecule has 2 saturated carbocycles. The molecule has 2 heterocycles. The number of allylic oxidation sites excluding steroid dienone is 2. The highest BCUT2D eigenvalue weighted by Crippen LogP contribution is 2.73. The average molecular weight is 438 g/mol. The molecule has 2 aromatic rings. The van der Waals surface area contributed by atoms with Gasteiger partial charge < -0.3 is 4.42 Å². The summed E-state index contributed by atoms with van der Waals surface area (Å²) >= 11 is 6.16. The molecule has 9 heteroatoms. The smallest absolute Gasteiger partial charge is 0.270 e. The SMILES string of the molecule is O=C1[C@H]2[C@H](C(=O)N1N=Cc1ccc(-c3cc([N+](=O)[O-])ccc3Cl)o1)[C@H]1C=C[C@H]2C12CC2. The number of non-ortho nitro benzene ring substituents is 1. The van der Waals surface area contributed by atoms with E-state index in [0.29, 0.717) is 22.1 Å². The van der Waals surface area contributed by atoms with E-state index in [4.69, 9.17) is 16.0 Å². The lowest BCUT2D eigenvalue weighted by Gasteiger charge is -2.18. The zero-order valence-corrected chi connectivity index (χ0v) is 16.9. The van der Waals surface area contributed by atoms with Crippen LogP contribution in [0.3, 0.4) is 0 Å². The minimum Gasteiger partial charge on any atom is -0.455 e. The van der Waals surface area contributed by atoms with Crippen molar-refractivity contribution in [3.63, 3.8) is 0 Å². The fraction of sp³-hybridized carbons (Fsp3) is 0.318. The van der Waals surface area contributed by atoms with Crippen LogP contribution >= 0.6 is 11.6 Å². The second-order valence-corrected chi connectivity index (χ2v) is 8.98. The van der Waals surface area contributed by atoms with Crippen LogP contribution in [-0.2, 0) is 9.59 Å². The van der Waals surface area contributed by atoms with Gasteiger partial charge in [0.2, 0.25) is 0 Å². The number of halogens is 1. The third-order valence-corrected chi connectivity index (χ3v) is 7.51. The lowest BCUT2D eigenvalue weighted by atomic mass is 9.85. The van der Waals surface area contributed by atoms with Gasteiger partial charge in [-0.05, 0) is 48.3 Å². The van der Waals surface area contributed by atoms with Crippen molar-refractivity contribution in [2.75, 3.05) is 0 Å². The van der Waals surface area contributed by atoms with E-state index in [1.807, 2.05) is 0 Å². The number of imide groups is 1. The molecule has 8 nitrogen and oxygen atoms in total. The topological polar surface area (TPSA) is 106 Å². The zero-order valence-electron chi connectivity index (χ0n) is 16.1.